The smallest absolute Gasteiger partial charge is 0.224 e. The molecule has 2 rings (SSSR count). The van der Waals surface area contributed by atoms with Crippen LogP contribution in [0.1, 0.15) is 31.7 Å². The number of hydrogen-bond donors (Lipinski definition) is 3. The fourth-order valence-corrected chi connectivity index (χ4v) is 1.62. The Morgan fingerprint density at radius 2 is 2.24 bits per heavy atom. The number of rotatable bonds is 6. The Balaban J connectivity index is 2.09. The van der Waals surface area contributed by atoms with Crippen molar-refractivity contribution < 1.29 is 5.11 Å². The third-order valence-corrected chi connectivity index (χ3v) is 3.04. The number of aliphatic hydroxyl groups excluding tert-OH is 1. The molecule has 94 valence electrons. The van der Waals surface area contributed by atoms with Crippen LogP contribution >= 0.6 is 0 Å². The zero-order valence-electron chi connectivity index (χ0n) is 10.5. The molecule has 0 aromatic carbocycles. The Labute approximate surface area is 102 Å². The van der Waals surface area contributed by atoms with Gasteiger partial charge in [-0.15, -0.1) is 0 Å². The van der Waals surface area contributed by atoms with Crippen LogP contribution in [0.25, 0.3) is 0 Å². The van der Waals surface area contributed by atoms with Gasteiger partial charge in [0, 0.05) is 18.3 Å². The van der Waals surface area contributed by atoms with Gasteiger partial charge in [-0.1, -0.05) is 6.92 Å². The molecule has 5 nitrogen and oxygen atoms in total. The minimum atomic E-state index is -0.138. The fraction of sp³-hybridized carbons (Fsp3) is 0.667. The lowest BCUT2D eigenvalue weighted by molar-refractivity contribution is 0.266. The van der Waals surface area contributed by atoms with Gasteiger partial charge in [0.25, 0.3) is 0 Å². The highest BCUT2D eigenvalue weighted by molar-refractivity contribution is 5.49. The third kappa shape index (κ3) is 2.85. The second-order valence-corrected chi connectivity index (χ2v) is 4.72. The van der Waals surface area contributed by atoms with Gasteiger partial charge in [0.2, 0.25) is 5.95 Å². The lowest BCUT2D eigenvalue weighted by atomic mass is 10.2. The van der Waals surface area contributed by atoms with Crippen LogP contribution in [0, 0.1) is 6.92 Å². The summed E-state index contributed by atoms with van der Waals surface area (Å²) in [5, 5.41) is 15.8. The van der Waals surface area contributed by atoms with E-state index in [1.807, 2.05) is 6.92 Å². The number of nitrogens with one attached hydrogen (secondary N) is 2. The first-order valence-corrected chi connectivity index (χ1v) is 6.16. The van der Waals surface area contributed by atoms with Crippen LogP contribution in [-0.4, -0.2) is 33.8 Å². The van der Waals surface area contributed by atoms with Gasteiger partial charge < -0.3 is 15.7 Å². The molecule has 0 atom stereocenters. The normalized spacial score (nSPS) is 16.6. The molecule has 0 unspecified atom stereocenters. The zero-order chi connectivity index (χ0) is 12.3. The average Bonchev–Trinajstić information content (AvgIpc) is 3.11. The second kappa shape index (κ2) is 4.87. The van der Waals surface area contributed by atoms with Crippen LogP contribution in [0.2, 0.25) is 0 Å². The highest BCUT2D eigenvalue weighted by atomic mass is 16.3. The first-order valence-electron chi connectivity index (χ1n) is 6.16. The number of nitrogens with zero attached hydrogens (tertiary/aromatic N) is 2. The molecule has 1 saturated carbocycles. The van der Waals surface area contributed by atoms with Crippen molar-refractivity contribution in [2.24, 2.45) is 0 Å². The lowest BCUT2D eigenvalue weighted by Gasteiger charge is -2.17. The van der Waals surface area contributed by atoms with Crippen LogP contribution in [0.15, 0.2) is 6.20 Å². The number of aromatic nitrogens is 2. The van der Waals surface area contributed by atoms with Crippen molar-refractivity contribution in [1.29, 1.82) is 0 Å². The molecule has 0 spiro atoms. The van der Waals surface area contributed by atoms with Gasteiger partial charge in [-0.25, -0.2) is 4.98 Å². The Hall–Kier alpha value is -1.36. The summed E-state index contributed by atoms with van der Waals surface area (Å²) in [6, 6.07) is 0. The van der Waals surface area contributed by atoms with Gasteiger partial charge in [-0.05, 0) is 26.2 Å². The van der Waals surface area contributed by atoms with E-state index in [1.165, 1.54) is 0 Å². The predicted molar refractivity (Wildman–Crippen MR) is 68.2 cm³/mol. The summed E-state index contributed by atoms with van der Waals surface area (Å²) in [6.07, 6.45) is 4.86. The Morgan fingerprint density at radius 3 is 2.82 bits per heavy atom. The van der Waals surface area contributed by atoms with E-state index < -0.39 is 0 Å². The first kappa shape index (κ1) is 12.1. The summed E-state index contributed by atoms with van der Waals surface area (Å²) >= 11 is 0. The van der Waals surface area contributed by atoms with Crippen molar-refractivity contribution >= 4 is 11.8 Å². The van der Waals surface area contributed by atoms with Crippen LogP contribution in [0.5, 0.6) is 0 Å². The molecular weight excluding hydrogens is 216 g/mol. The Bertz CT molecular complexity index is 390. The molecule has 1 aromatic heterocycles. The molecule has 3 N–H and O–H groups in total. The maximum atomic E-state index is 9.30. The monoisotopic (exact) mass is 236 g/mol. The van der Waals surface area contributed by atoms with Crippen LogP contribution < -0.4 is 10.6 Å². The van der Waals surface area contributed by atoms with E-state index in [0.717, 1.165) is 37.2 Å². The predicted octanol–water partition coefficient (Wildman–Crippen LogP) is 1.54. The quantitative estimate of drug-likeness (QED) is 0.699. The van der Waals surface area contributed by atoms with Crippen molar-refractivity contribution in [3.05, 3.63) is 11.8 Å². The summed E-state index contributed by atoms with van der Waals surface area (Å²) in [4.78, 5) is 8.67. The number of hydrogen-bond acceptors (Lipinski definition) is 5. The molecule has 0 saturated heterocycles. The molecule has 5 heteroatoms. The van der Waals surface area contributed by atoms with Crippen molar-refractivity contribution in [3.63, 3.8) is 0 Å². The number of anilines is 2. The van der Waals surface area contributed by atoms with Gasteiger partial charge in [0.15, 0.2) is 0 Å². The summed E-state index contributed by atoms with van der Waals surface area (Å²) in [5.74, 6) is 1.47. The minimum Gasteiger partial charge on any atom is -0.394 e. The van der Waals surface area contributed by atoms with E-state index in [2.05, 4.69) is 27.5 Å². The van der Waals surface area contributed by atoms with Gasteiger partial charge in [0.05, 0.1) is 12.1 Å². The van der Waals surface area contributed by atoms with E-state index in [-0.39, 0.29) is 12.1 Å². The summed E-state index contributed by atoms with van der Waals surface area (Å²) in [5.41, 5.74) is 0.869. The molecule has 0 bridgehead atoms. The van der Waals surface area contributed by atoms with Crippen molar-refractivity contribution in [2.75, 3.05) is 23.8 Å². The largest absolute Gasteiger partial charge is 0.394 e. The maximum Gasteiger partial charge on any atom is 0.224 e. The van der Waals surface area contributed by atoms with Gasteiger partial charge in [0.1, 0.15) is 5.82 Å². The molecule has 0 radical (unpaired) electrons. The Morgan fingerprint density at radius 1 is 1.47 bits per heavy atom. The third-order valence-electron chi connectivity index (χ3n) is 3.04. The molecule has 1 heterocycles. The van der Waals surface area contributed by atoms with Gasteiger partial charge in [-0.2, -0.15) is 4.98 Å². The molecule has 0 aliphatic heterocycles. The van der Waals surface area contributed by atoms with E-state index >= 15 is 0 Å². The van der Waals surface area contributed by atoms with E-state index in [9.17, 15) is 5.11 Å². The summed E-state index contributed by atoms with van der Waals surface area (Å²) in [7, 11) is 0. The highest BCUT2D eigenvalue weighted by Crippen LogP contribution is 2.38. The van der Waals surface area contributed by atoms with Crippen molar-refractivity contribution in [3.8, 4) is 0 Å². The van der Waals surface area contributed by atoms with Gasteiger partial charge >= 0.3 is 0 Å². The standard InChI is InChI=1S/C12H20N4O/c1-3-6-13-11-14-7-9(2)10(15-11)16-12(8-17)4-5-12/h7,17H,3-6,8H2,1-2H3,(H2,13,14,15,16). The molecular formula is C12H20N4O. The second-order valence-electron chi connectivity index (χ2n) is 4.72. The molecule has 1 aliphatic carbocycles. The number of aryl methyl sites for hydroxylation is 1. The minimum absolute atomic E-state index is 0.138. The SMILES string of the molecule is CCCNc1ncc(C)c(NC2(CO)CC2)n1. The van der Waals surface area contributed by atoms with Crippen molar-refractivity contribution in [2.45, 2.75) is 38.6 Å². The Kier molecular flexibility index (Phi) is 3.47. The van der Waals surface area contributed by atoms with E-state index in [4.69, 9.17) is 0 Å². The summed E-state index contributed by atoms with van der Waals surface area (Å²) < 4.78 is 0. The van der Waals surface area contributed by atoms with Crippen LogP contribution in [0.4, 0.5) is 11.8 Å². The van der Waals surface area contributed by atoms with Gasteiger partial charge in [-0.3, -0.25) is 0 Å². The molecule has 1 aromatic rings. The molecule has 1 fully saturated rings. The van der Waals surface area contributed by atoms with Crippen LogP contribution in [0.3, 0.4) is 0 Å². The first-order chi connectivity index (χ1) is 8.19. The van der Waals surface area contributed by atoms with E-state index in [0.29, 0.717) is 5.95 Å². The highest BCUT2D eigenvalue weighted by Gasteiger charge is 2.42. The lowest BCUT2D eigenvalue weighted by Crippen LogP contribution is -2.27. The van der Waals surface area contributed by atoms with Crippen LogP contribution in [-0.2, 0) is 0 Å². The van der Waals surface area contributed by atoms with Crippen molar-refractivity contribution in [1.82, 2.24) is 9.97 Å². The van der Waals surface area contributed by atoms with E-state index in [1.54, 1.807) is 6.20 Å². The topological polar surface area (TPSA) is 70.1 Å². The molecule has 17 heavy (non-hydrogen) atoms. The fourth-order valence-electron chi connectivity index (χ4n) is 1.62. The molecule has 1 aliphatic rings. The maximum absolute atomic E-state index is 9.30. The zero-order valence-corrected chi connectivity index (χ0v) is 10.5. The summed E-state index contributed by atoms with van der Waals surface area (Å²) in [6.45, 7) is 5.10. The average molecular weight is 236 g/mol. The molecule has 0 amide bonds. The number of aliphatic hydroxyl groups is 1.